The van der Waals surface area contributed by atoms with Gasteiger partial charge in [-0.1, -0.05) is 36.8 Å². The number of hydrogen-bond acceptors (Lipinski definition) is 4. The molecule has 6 heteroatoms. The Kier molecular flexibility index (Phi) is 8.79. The Morgan fingerprint density at radius 1 is 1.29 bits per heavy atom. The SMILES string of the molecule is CCOC(=O)CC(NC(=O)C[C@@H]1CCC[C@H]1N)c1ccccc1.Cl. The lowest BCUT2D eigenvalue weighted by atomic mass is 9.98. The maximum Gasteiger partial charge on any atom is 0.308 e. The van der Waals surface area contributed by atoms with E-state index in [1.807, 2.05) is 30.3 Å². The third kappa shape index (κ3) is 6.13. The standard InChI is InChI=1S/C18H26N2O3.ClH/c1-2-23-18(22)12-16(13-7-4-3-5-8-13)20-17(21)11-14-9-6-10-15(14)19;/h3-5,7-8,14-16H,2,6,9-12,19H2,1H3,(H,20,21);1H/t14-,15+,16?;/m0./s1. The van der Waals surface area contributed by atoms with Crippen LogP contribution in [0.1, 0.15) is 50.6 Å². The van der Waals surface area contributed by atoms with Gasteiger partial charge in [0.25, 0.3) is 0 Å². The first-order valence-corrected chi connectivity index (χ1v) is 8.35. The first-order valence-electron chi connectivity index (χ1n) is 8.35. The van der Waals surface area contributed by atoms with E-state index in [0.29, 0.717) is 13.0 Å². The maximum atomic E-state index is 12.3. The minimum absolute atomic E-state index is 0. The van der Waals surface area contributed by atoms with Crippen LogP contribution in [0, 0.1) is 5.92 Å². The molecule has 1 saturated carbocycles. The summed E-state index contributed by atoms with van der Waals surface area (Å²) in [6.07, 6.45) is 3.64. The smallest absolute Gasteiger partial charge is 0.308 e. The zero-order chi connectivity index (χ0) is 16.7. The van der Waals surface area contributed by atoms with Crippen molar-refractivity contribution in [3.63, 3.8) is 0 Å². The molecule has 0 radical (unpaired) electrons. The summed E-state index contributed by atoms with van der Waals surface area (Å²) in [4.78, 5) is 24.2. The zero-order valence-electron chi connectivity index (χ0n) is 14.1. The summed E-state index contributed by atoms with van der Waals surface area (Å²) in [5.74, 6) is -0.112. The van der Waals surface area contributed by atoms with Crippen molar-refractivity contribution in [1.82, 2.24) is 5.32 Å². The third-order valence-corrected chi connectivity index (χ3v) is 4.38. The van der Waals surface area contributed by atoms with Crippen molar-refractivity contribution in [2.75, 3.05) is 6.61 Å². The predicted molar refractivity (Wildman–Crippen MR) is 95.8 cm³/mol. The van der Waals surface area contributed by atoms with Gasteiger partial charge in [-0.15, -0.1) is 12.4 Å². The van der Waals surface area contributed by atoms with Gasteiger partial charge in [0.2, 0.25) is 5.91 Å². The van der Waals surface area contributed by atoms with Gasteiger partial charge in [0.05, 0.1) is 19.1 Å². The fraction of sp³-hybridized carbons (Fsp3) is 0.556. The molecule has 24 heavy (non-hydrogen) atoms. The van der Waals surface area contributed by atoms with E-state index in [2.05, 4.69) is 5.32 Å². The van der Waals surface area contributed by atoms with E-state index in [0.717, 1.165) is 24.8 Å². The molecule has 0 heterocycles. The van der Waals surface area contributed by atoms with Crippen LogP contribution in [0.5, 0.6) is 0 Å². The number of amides is 1. The van der Waals surface area contributed by atoms with Gasteiger partial charge in [0.15, 0.2) is 0 Å². The number of hydrogen-bond donors (Lipinski definition) is 2. The summed E-state index contributed by atoms with van der Waals surface area (Å²) in [7, 11) is 0. The van der Waals surface area contributed by atoms with Crippen LogP contribution >= 0.6 is 12.4 Å². The summed E-state index contributed by atoms with van der Waals surface area (Å²) >= 11 is 0. The highest BCUT2D eigenvalue weighted by Gasteiger charge is 2.27. The van der Waals surface area contributed by atoms with Gasteiger partial charge in [-0.25, -0.2) is 0 Å². The number of ether oxygens (including phenoxy) is 1. The Morgan fingerprint density at radius 3 is 2.58 bits per heavy atom. The van der Waals surface area contributed by atoms with Gasteiger partial charge in [-0.2, -0.15) is 0 Å². The van der Waals surface area contributed by atoms with E-state index < -0.39 is 0 Å². The van der Waals surface area contributed by atoms with Crippen LogP contribution in [0.2, 0.25) is 0 Å². The topological polar surface area (TPSA) is 81.4 Å². The monoisotopic (exact) mass is 354 g/mol. The Morgan fingerprint density at radius 2 is 2.00 bits per heavy atom. The number of carbonyl (C=O) groups excluding carboxylic acids is 2. The number of halogens is 1. The molecule has 0 saturated heterocycles. The van der Waals surface area contributed by atoms with Crippen molar-refractivity contribution in [3.8, 4) is 0 Å². The number of benzene rings is 1. The fourth-order valence-corrected chi connectivity index (χ4v) is 3.13. The number of carbonyl (C=O) groups is 2. The van der Waals surface area contributed by atoms with E-state index in [4.69, 9.17) is 10.5 Å². The number of nitrogens with one attached hydrogen (secondary N) is 1. The van der Waals surface area contributed by atoms with Crippen LogP contribution in [0.3, 0.4) is 0 Å². The van der Waals surface area contributed by atoms with Crippen LogP contribution in [-0.2, 0) is 14.3 Å². The molecule has 5 nitrogen and oxygen atoms in total. The summed E-state index contributed by atoms with van der Waals surface area (Å²) in [5.41, 5.74) is 6.94. The quantitative estimate of drug-likeness (QED) is 0.738. The average Bonchev–Trinajstić information content (AvgIpc) is 2.93. The Hall–Kier alpha value is -1.59. The second kappa shape index (κ2) is 10.3. The molecule has 3 N–H and O–H groups in total. The van der Waals surface area contributed by atoms with Gasteiger partial charge in [-0.05, 0) is 31.2 Å². The van der Waals surface area contributed by atoms with Gasteiger partial charge in [0, 0.05) is 12.5 Å². The highest BCUT2D eigenvalue weighted by atomic mass is 35.5. The molecule has 2 rings (SSSR count). The molecule has 0 bridgehead atoms. The minimum atomic E-state index is -0.361. The van der Waals surface area contributed by atoms with E-state index in [-0.39, 0.29) is 48.7 Å². The molecule has 1 fully saturated rings. The van der Waals surface area contributed by atoms with Crippen molar-refractivity contribution in [3.05, 3.63) is 35.9 Å². The summed E-state index contributed by atoms with van der Waals surface area (Å²) in [5, 5.41) is 2.97. The van der Waals surface area contributed by atoms with Crippen molar-refractivity contribution in [2.24, 2.45) is 11.7 Å². The van der Waals surface area contributed by atoms with Crippen LogP contribution in [0.25, 0.3) is 0 Å². The van der Waals surface area contributed by atoms with E-state index >= 15 is 0 Å². The highest BCUT2D eigenvalue weighted by molar-refractivity contribution is 5.85. The fourth-order valence-electron chi connectivity index (χ4n) is 3.13. The van der Waals surface area contributed by atoms with Crippen LogP contribution in [-0.4, -0.2) is 24.5 Å². The lowest BCUT2D eigenvalue weighted by molar-refractivity contribution is -0.143. The lowest BCUT2D eigenvalue weighted by Gasteiger charge is -2.21. The molecule has 134 valence electrons. The largest absolute Gasteiger partial charge is 0.466 e. The first kappa shape index (κ1) is 20.5. The highest BCUT2D eigenvalue weighted by Crippen LogP contribution is 2.27. The zero-order valence-corrected chi connectivity index (χ0v) is 14.9. The van der Waals surface area contributed by atoms with Crippen molar-refractivity contribution >= 4 is 24.3 Å². The predicted octanol–water partition coefficient (Wildman–Crippen LogP) is 2.74. The van der Waals surface area contributed by atoms with Crippen LogP contribution < -0.4 is 11.1 Å². The molecule has 1 aromatic carbocycles. The van der Waals surface area contributed by atoms with Gasteiger partial charge < -0.3 is 15.8 Å². The summed E-state index contributed by atoms with van der Waals surface area (Å²) < 4.78 is 5.02. The molecular formula is C18H27ClN2O3. The van der Waals surface area contributed by atoms with Crippen LogP contribution in [0.15, 0.2) is 30.3 Å². The number of nitrogens with two attached hydrogens (primary N) is 1. The molecule has 1 aliphatic rings. The summed E-state index contributed by atoms with van der Waals surface area (Å²) in [6, 6.07) is 9.27. The minimum Gasteiger partial charge on any atom is -0.466 e. The molecule has 1 amide bonds. The Bertz CT molecular complexity index is 524. The summed E-state index contributed by atoms with van der Waals surface area (Å²) in [6.45, 7) is 2.11. The van der Waals surface area contributed by atoms with Crippen molar-refractivity contribution < 1.29 is 14.3 Å². The lowest BCUT2D eigenvalue weighted by Crippen LogP contribution is -2.34. The number of rotatable bonds is 7. The van der Waals surface area contributed by atoms with Crippen molar-refractivity contribution in [1.29, 1.82) is 0 Å². The molecule has 3 atom stereocenters. The molecule has 0 aliphatic heterocycles. The first-order chi connectivity index (χ1) is 11.1. The Balaban J connectivity index is 0.00000288. The number of esters is 1. The molecule has 1 unspecified atom stereocenters. The normalized spacial score (nSPS) is 20.8. The molecule has 0 aromatic heterocycles. The van der Waals surface area contributed by atoms with Crippen molar-refractivity contribution in [2.45, 2.75) is 51.1 Å². The molecule has 1 aliphatic carbocycles. The van der Waals surface area contributed by atoms with E-state index in [1.165, 1.54) is 0 Å². The molecular weight excluding hydrogens is 328 g/mol. The second-order valence-electron chi connectivity index (χ2n) is 6.10. The average molecular weight is 355 g/mol. The second-order valence-corrected chi connectivity index (χ2v) is 6.10. The van der Waals surface area contributed by atoms with E-state index in [1.54, 1.807) is 6.92 Å². The molecule has 1 aromatic rings. The Labute approximate surface area is 149 Å². The van der Waals surface area contributed by atoms with Gasteiger partial charge in [0.1, 0.15) is 0 Å². The van der Waals surface area contributed by atoms with Crippen LogP contribution in [0.4, 0.5) is 0 Å². The molecule has 0 spiro atoms. The van der Waals surface area contributed by atoms with Gasteiger partial charge in [-0.3, -0.25) is 9.59 Å². The van der Waals surface area contributed by atoms with E-state index in [9.17, 15) is 9.59 Å². The third-order valence-electron chi connectivity index (χ3n) is 4.38. The van der Waals surface area contributed by atoms with Gasteiger partial charge >= 0.3 is 5.97 Å². The maximum absolute atomic E-state index is 12.3.